The number of methoxy groups -OCH3 is 1. The van der Waals surface area contributed by atoms with Gasteiger partial charge >= 0.3 is 0 Å². The maximum absolute atomic E-state index is 9.69. The van der Waals surface area contributed by atoms with Gasteiger partial charge in [-0.1, -0.05) is 42.5 Å². The summed E-state index contributed by atoms with van der Waals surface area (Å²) in [5.41, 5.74) is 1.94. The van der Waals surface area contributed by atoms with Crippen molar-refractivity contribution in [3.63, 3.8) is 0 Å². The molecular weight excluding hydrogens is 240 g/mol. The quantitative estimate of drug-likeness (QED) is 0.825. The highest BCUT2D eigenvalue weighted by Crippen LogP contribution is 2.38. The Hall–Kier alpha value is -2.42. The summed E-state index contributed by atoms with van der Waals surface area (Å²) in [6.07, 6.45) is 4.65. The molecule has 0 amide bonds. The number of rotatable bonds is 4. The molecule has 0 radical (unpaired) electrons. The van der Waals surface area contributed by atoms with Crippen LogP contribution in [0.25, 0.3) is 6.08 Å². The first kappa shape index (κ1) is 13.0. The number of hydrogen-bond donors (Lipinski definition) is 2. The van der Waals surface area contributed by atoms with Gasteiger partial charge in [0, 0.05) is 5.56 Å². The molecule has 3 nitrogen and oxygen atoms in total. The molecule has 0 aromatic heterocycles. The van der Waals surface area contributed by atoms with Crippen LogP contribution in [0.5, 0.6) is 17.2 Å². The number of allylic oxidation sites excluding steroid dienone is 1. The third-order valence-corrected chi connectivity index (χ3v) is 2.84. The van der Waals surface area contributed by atoms with E-state index in [0.717, 1.165) is 12.0 Å². The molecule has 2 rings (SSSR count). The molecule has 0 aliphatic heterocycles. The van der Waals surface area contributed by atoms with Gasteiger partial charge < -0.3 is 14.9 Å². The van der Waals surface area contributed by atoms with Crippen LogP contribution in [0, 0.1) is 0 Å². The van der Waals surface area contributed by atoms with E-state index >= 15 is 0 Å². The number of ether oxygens (including phenoxy) is 1. The normalized spacial score (nSPS) is 10.8. The molecule has 0 saturated carbocycles. The van der Waals surface area contributed by atoms with E-state index in [1.54, 1.807) is 6.07 Å². The molecule has 0 aliphatic carbocycles. The molecule has 19 heavy (non-hydrogen) atoms. The van der Waals surface area contributed by atoms with Crippen molar-refractivity contribution < 1.29 is 14.9 Å². The van der Waals surface area contributed by atoms with Crippen LogP contribution in [0.3, 0.4) is 0 Å². The minimum atomic E-state index is -0.232. The SMILES string of the molecule is COc1c(C=CCc2ccccc2)ccc(O)c1O. The summed E-state index contributed by atoms with van der Waals surface area (Å²) < 4.78 is 5.10. The van der Waals surface area contributed by atoms with Crippen LogP contribution in [0.2, 0.25) is 0 Å². The molecular formula is C16H16O3. The standard InChI is InChI=1S/C16H16O3/c1-19-16-13(10-11-14(17)15(16)18)9-5-8-12-6-3-2-4-7-12/h2-7,9-11,17-18H,8H2,1H3. The zero-order chi connectivity index (χ0) is 13.7. The van der Waals surface area contributed by atoms with Crippen molar-refractivity contribution >= 4 is 6.08 Å². The van der Waals surface area contributed by atoms with E-state index in [9.17, 15) is 10.2 Å². The Bertz CT molecular complexity index is 574. The van der Waals surface area contributed by atoms with E-state index in [0.29, 0.717) is 0 Å². The highest BCUT2D eigenvalue weighted by Gasteiger charge is 2.10. The summed E-state index contributed by atoms with van der Waals surface area (Å²) in [7, 11) is 1.46. The average Bonchev–Trinajstić information content (AvgIpc) is 2.44. The van der Waals surface area contributed by atoms with Crippen molar-refractivity contribution in [1.82, 2.24) is 0 Å². The molecule has 98 valence electrons. The second kappa shape index (κ2) is 5.96. The van der Waals surface area contributed by atoms with Crippen molar-refractivity contribution in [3.8, 4) is 17.2 Å². The lowest BCUT2D eigenvalue weighted by Gasteiger charge is -2.08. The van der Waals surface area contributed by atoms with Crippen LogP contribution in [-0.4, -0.2) is 17.3 Å². The molecule has 2 aromatic carbocycles. The van der Waals surface area contributed by atoms with Crippen LogP contribution in [-0.2, 0) is 6.42 Å². The molecule has 2 aromatic rings. The summed E-state index contributed by atoms with van der Waals surface area (Å²) in [4.78, 5) is 0. The first-order valence-corrected chi connectivity index (χ1v) is 6.01. The molecule has 0 spiro atoms. The Morgan fingerprint density at radius 3 is 2.47 bits per heavy atom. The zero-order valence-corrected chi connectivity index (χ0v) is 10.7. The molecule has 2 N–H and O–H groups in total. The molecule has 0 unspecified atom stereocenters. The molecule has 0 atom stereocenters. The van der Waals surface area contributed by atoms with Crippen molar-refractivity contribution in [2.24, 2.45) is 0 Å². The van der Waals surface area contributed by atoms with Crippen molar-refractivity contribution in [3.05, 3.63) is 59.7 Å². The molecule has 3 heteroatoms. The van der Waals surface area contributed by atoms with Gasteiger partial charge in [-0.2, -0.15) is 0 Å². The minimum Gasteiger partial charge on any atom is -0.504 e. The topological polar surface area (TPSA) is 49.7 Å². The van der Waals surface area contributed by atoms with Crippen LogP contribution in [0.4, 0.5) is 0 Å². The van der Waals surface area contributed by atoms with Crippen LogP contribution < -0.4 is 4.74 Å². The van der Waals surface area contributed by atoms with Crippen LogP contribution in [0.1, 0.15) is 11.1 Å². The summed E-state index contributed by atoms with van der Waals surface area (Å²) >= 11 is 0. The highest BCUT2D eigenvalue weighted by atomic mass is 16.5. The van der Waals surface area contributed by atoms with Crippen molar-refractivity contribution in [2.45, 2.75) is 6.42 Å². The van der Waals surface area contributed by atoms with E-state index in [1.807, 2.05) is 30.4 Å². The molecule has 0 saturated heterocycles. The molecule has 0 fully saturated rings. The fourth-order valence-electron chi connectivity index (χ4n) is 1.86. The van der Waals surface area contributed by atoms with Gasteiger partial charge in [0.1, 0.15) is 0 Å². The third kappa shape index (κ3) is 3.07. The number of hydrogen-bond acceptors (Lipinski definition) is 3. The van der Waals surface area contributed by atoms with Gasteiger partial charge in [0.25, 0.3) is 0 Å². The van der Waals surface area contributed by atoms with Gasteiger partial charge in [-0.05, 0) is 24.1 Å². The van der Waals surface area contributed by atoms with E-state index < -0.39 is 0 Å². The lowest BCUT2D eigenvalue weighted by molar-refractivity contribution is 0.350. The van der Waals surface area contributed by atoms with E-state index in [1.165, 1.54) is 18.7 Å². The largest absolute Gasteiger partial charge is 0.504 e. The lowest BCUT2D eigenvalue weighted by Crippen LogP contribution is -1.88. The van der Waals surface area contributed by atoms with E-state index in [2.05, 4.69) is 12.1 Å². The third-order valence-electron chi connectivity index (χ3n) is 2.84. The van der Waals surface area contributed by atoms with Crippen molar-refractivity contribution in [2.75, 3.05) is 7.11 Å². The molecule has 0 heterocycles. The second-order valence-electron chi connectivity index (χ2n) is 4.15. The smallest absolute Gasteiger partial charge is 0.201 e. The van der Waals surface area contributed by atoms with Gasteiger partial charge in [-0.25, -0.2) is 0 Å². The average molecular weight is 256 g/mol. The van der Waals surface area contributed by atoms with Crippen LogP contribution in [0.15, 0.2) is 48.5 Å². The predicted octanol–water partition coefficient (Wildman–Crippen LogP) is 3.36. The predicted molar refractivity (Wildman–Crippen MR) is 75.5 cm³/mol. The van der Waals surface area contributed by atoms with Gasteiger partial charge in [-0.15, -0.1) is 0 Å². The molecule has 0 aliphatic rings. The number of benzene rings is 2. The van der Waals surface area contributed by atoms with E-state index in [4.69, 9.17) is 4.74 Å². The maximum Gasteiger partial charge on any atom is 0.201 e. The van der Waals surface area contributed by atoms with E-state index in [-0.39, 0.29) is 17.2 Å². The van der Waals surface area contributed by atoms with Gasteiger partial charge in [0.2, 0.25) is 5.75 Å². The number of phenolic OH excluding ortho intramolecular Hbond substituents is 2. The zero-order valence-electron chi connectivity index (χ0n) is 10.7. The first-order valence-electron chi connectivity index (χ1n) is 6.01. The Kier molecular flexibility index (Phi) is 4.08. The molecule has 0 bridgehead atoms. The number of aromatic hydroxyl groups is 2. The summed E-state index contributed by atoms with van der Waals surface area (Å²) in [5, 5.41) is 19.1. The summed E-state index contributed by atoms with van der Waals surface area (Å²) in [6, 6.07) is 13.2. The minimum absolute atomic E-state index is 0.183. The highest BCUT2D eigenvalue weighted by molar-refractivity contribution is 5.65. The monoisotopic (exact) mass is 256 g/mol. The Morgan fingerprint density at radius 2 is 1.79 bits per heavy atom. The Balaban J connectivity index is 2.17. The van der Waals surface area contributed by atoms with Gasteiger partial charge in [0.15, 0.2) is 11.5 Å². The first-order chi connectivity index (χ1) is 9.22. The fourth-order valence-corrected chi connectivity index (χ4v) is 1.86. The summed E-state index contributed by atoms with van der Waals surface area (Å²) in [5.74, 6) is -0.134. The maximum atomic E-state index is 9.69. The second-order valence-corrected chi connectivity index (χ2v) is 4.15. The van der Waals surface area contributed by atoms with Gasteiger partial charge in [-0.3, -0.25) is 0 Å². The number of phenols is 2. The Labute approximate surface area is 112 Å². The van der Waals surface area contributed by atoms with Gasteiger partial charge in [0.05, 0.1) is 7.11 Å². The fraction of sp³-hybridized carbons (Fsp3) is 0.125. The van der Waals surface area contributed by atoms with Crippen LogP contribution >= 0.6 is 0 Å². The lowest BCUT2D eigenvalue weighted by atomic mass is 10.1. The van der Waals surface area contributed by atoms with Crippen molar-refractivity contribution in [1.29, 1.82) is 0 Å². The Morgan fingerprint density at radius 1 is 1.05 bits per heavy atom. The summed E-state index contributed by atoms with van der Waals surface area (Å²) in [6.45, 7) is 0.